The summed E-state index contributed by atoms with van der Waals surface area (Å²) in [6.45, 7) is 2.32. The highest BCUT2D eigenvalue weighted by molar-refractivity contribution is 14.0. The van der Waals surface area contributed by atoms with Gasteiger partial charge in [-0.05, 0) is 36.6 Å². The number of aromatic nitrogens is 2. The molecule has 1 aromatic heterocycles. The van der Waals surface area contributed by atoms with Gasteiger partial charge in [0, 0.05) is 26.7 Å². The molecule has 0 aliphatic rings. The van der Waals surface area contributed by atoms with E-state index in [0.717, 1.165) is 36.5 Å². The van der Waals surface area contributed by atoms with E-state index in [2.05, 4.69) is 31.2 Å². The fourth-order valence-electron chi connectivity index (χ4n) is 2.88. The molecule has 0 spiro atoms. The quantitative estimate of drug-likeness (QED) is 0.235. The summed E-state index contributed by atoms with van der Waals surface area (Å²) >= 11 is 0. The van der Waals surface area contributed by atoms with Crippen LogP contribution in [0, 0.1) is 5.82 Å². The molecule has 27 heavy (non-hydrogen) atoms. The molecule has 1 heterocycles. The lowest BCUT2D eigenvalue weighted by Crippen LogP contribution is -2.39. The van der Waals surface area contributed by atoms with Crippen LogP contribution in [0.25, 0.3) is 11.0 Å². The molecule has 0 aliphatic heterocycles. The van der Waals surface area contributed by atoms with Crippen molar-refractivity contribution in [3.8, 4) is 0 Å². The molecule has 0 saturated carbocycles. The summed E-state index contributed by atoms with van der Waals surface area (Å²) in [7, 11) is 1.74. The molecular formula is C20H25FIN5. The minimum absolute atomic E-state index is 0. The van der Waals surface area contributed by atoms with Crippen LogP contribution in [0.5, 0.6) is 0 Å². The topological polar surface area (TPSA) is 54.2 Å². The van der Waals surface area contributed by atoms with E-state index in [1.807, 2.05) is 36.7 Å². The number of halogens is 2. The second kappa shape index (κ2) is 10.9. The van der Waals surface area contributed by atoms with Crippen molar-refractivity contribution in [2.24, 2.45) is 4.99 Å². The molecule has 2 N–H and O–H groups in total. The minimum atomic E-state index is -0.162. The molecular weight excluding hydrogens is 456 g/mol. The Labute approximate surface area is 176 Å². The molecule has 5 nitrogen and oxygen atoms in total. The molecule has 3 aromatic rings. The standard InChI is InChI=1S/C20H24FN5.HI/c1-22-20(24-13-11-16-7-2-3-8-17(16)21)23-12-6-14-26-15-25-18-9-4-5-10-19(18)26;/h2-5,7-10,15H,6,11-14H2,1H3,(H2,22,23,24);1H. The van der Waals surface area contributed by atoms with E-state index in [4.69, 9.17) is 0 Å². The van der Waals surface area contributed by atoms with Crippen molar-refractivity contribution in [1.82, 2.24) is 20.2 Å². The molecule has 144 valence electrons. The van der Waals surface area contributed by atoms with E-state index in [1.165, 1.54) is 6.07 Å². The number of imidazole rings is 1. The van der Waals surface area contributed by atoms with Gasteiger partial charge in [-0.15, -0.1) is 24.0 Å². The van der Waals surface area contributed by atoms with Gasteiger partial charge in [-0.25, -0.2) is 9.37 Å². The van der Waals surface area contributed by atoms with Crippen LogP contribution in [0.2, 0.25) is 0 Å². The number of aryl methyl sites for hydroxylation is 1. The van der Waals surface area contributed by atoms with Crippen LogP contribution >= 0.6 is 24.0 Å². The van der Waals surface area contributed by atoms with E-state index in [1.54, 1.807) is 13.1 Å². The monoisotopic (exact) mass is 481 g/mol. The predicted octanol–water partition coefficient (Wildman–Crippen LogP) is 3.59. The lowest BCUT2D eigenvalue weighted by Gasteiger charge is -2.12. The molecule has 0 bridgehead atoms. The summed E-state index contributed by atoms with van der Waals surface area (Å²) in [5, 5.41) is 6.51. The maximum atomic E-state index is 13.6. The van der Waals surface area contributed by atoms with E-state index >= 15 is 0 Å². The third-order valence-electron chi connectivity index (χ3n) is 4.26. The highest BCUT2D eigenvalue weighted by atomic mass is 127. The summed E-state index contributed by atoms with van der Waals surface area (Å²) in [4.78, 5) is 8.61. The predicted molar refractivity (Wildman–Crippen MR) is 119 cm³/mol. The number of nitrogens with zero attached hydrogens (tertiary/aromatic N) is 3. The van der Waals surface area contributed by atoms with Gasteiger partial charge in [-0.3, -0.25) is 4.99 Å². The molecule has 0 aliphatic carbocycles. The summed E-state index contributed by atoms with van der Waals surface area (Å²) in [6, 6.07) is 15.0. The number of guanidine groups is 1. The van der Waals surface area contributed by atoms with Gasteiger partial charge in [-0.2, -0.15) is 0 Å². The van der Waals surface area contributed by atoms with E-state index in [-0.39, 0.29) is 29.8 Å². The largest absolute Gasteiger partial charge is 0.356 e. The zero-order chi connectivity index (χ0) is 18.2. The van der Waals surface area contributed by atoms with Crippen LogP contribution in [-0.4, -0.2) is 35.6 Å². The smallest absolute Gasteiger partial charge is 0.190 e. The number of hydrogen-bond donors (Lipinski definition) is 2. The molecule has 0 saturated heterocycles. The van der Waals surface area contributed by atoms with Gasteiger partial charge in [0.05, 0.1) is 17.4 Å². The maximum absolute atomic E-state index is 13.6. The Kier molecular flexibility index (Phi) is 8.50. The maximum Gasteiger partial charge on any atom is 0.190 e. The van der Waals surface area contributed by atoms with Gasteiger partial charge in [-0.1, -0.05) is 30.3 Å². The van der Waals surface area contributed by atoms with Crippen LogP contribution in [0.1, 0.15) is 12.0 Å². The van der Waals surface area contributed by atoms with Crippen LogP contribution in [-0.2, 0) is 13.0 Å². The minimum Gasteiger partial charge on any atom is -0.356 e. The van der Waals surface area contributed by atoms with Crippen LogP contribution in [0.15, 0.2) is 59.9 Å². The van der Waals surface area contributed by atoms with Crippen LogP contribution in [0.4, 0.5) is 4.39 Å². The zero-order valence-electron chi connectivity index (χ0n) is 15.4. The molecule has 7 heteroatoms. The Morgan fingerprint density at radius 1 is 1.07 bits per heavy atom. The molecule has 0 atom stereocenters. The van der Waals surface area contributed by atoms with Gasteiger partial charge in [0.15, 0.2) is 5.96 Å². The van der Waals surface area contributed by atoms with Crippen molar-refractivity contribution in [2.75, 3.05) is 20.1 Å². The first-order valence-electron chi connectivity index (χ1n) is 8.86. The van der Waals surface area contributed by atoms with Crippen LogP contribution in [0.3, 0.4) is 0 Å². The van der Waals surface area contributed by atoms with Crippen molar-refractivity contribution < 1.29 is 4.39 Å². The molecule has 0 radical (unpaired) electrons. The van der Waals surface area contributed by atoms with Gasteiger partial charge in [0.1, 0.15) is 5.82 Å². The zero-order valence-corrected chi connectivity index (χ0v) is 17.7. The summed E-state index contributed by atoms with van der Waals surface area (Å²) in [5.74, 6) is 0.571. The van der Waals surface area contributed by atoms with Gasteiger partial charge < -0.3 is 15.2 Å². The van der Waals surface area contributed by atoms with Gasteiger partial charge >= 0.3 is 0 Å². The second-order valence-corrected chi connectivity index (χ2v) is 6.05. The van der Waals surface area contributed by atoms with Gasteiger partial charge in [0.2, 0.25) is 0 Å². The van der Waals surface area contributed by atoms with E-state index in [9.17, 15) is 4.39 Å². The highest BCUT2D eigenvalue weighted by Crippen LogP contribution is 2.11. The molecule has 3 rings (SSSR count). The van der Waals surface area contributed by atoms with Crippen LogP contribution < -0.4 is 10.6 Å². The van der Waals surface area contributed by atoms with E-state index in [0.29, 0.717) is 18.5 Å². The normalized spacial score (nSPS) is 11.3. The highest BCUT2D eigenvalue weighted by Gasteiger charge is 2.03. The number of fused-ring (bicyclic) bond motifs is 1. The molecule has 0 unspecified atom stereocenters. The summed E-state index contributed by atoms with van der Waals surface area (Å²) < 4.78 is 15.8. The fourth-order valence-corrected chi connectivity index (χ4v) is 2.88. The summed E-state index contributed by atoms with van der Waals surface area (Å²) in [5.41, 5.74) is 2.88. The van der Waals surface area contributed by atoms with Crippen molar-refractivity contribution in [2.45, 2.75) is 19.4 Å². The summed E-state index contributed by atoms with van der Waals surface area (Å²) in [6.07, 6.45) is 3.45. The van der Waals surface area contributed by atoms with Crippen molar-refractivity contribution in [3.05, 3.63) is 66.2 Å². The first kappa shape index (κ1) is 21.1. The Balaban J connectivity index is 0.00000261. The number of para-hydroxylation sites is 2. The van der Waals surface area contributed by atoms with Crippen molar-refractivity contribution >= 4 is 41.0 Å². The van der Waals surface area contributed by atoms with Crippen molar-refractivity contribution in [1.29, 1.82) is 0 Å². The third kappa shape index (κ3) is 5.92. The Morgan fingerprint density at radius 3 is 2.63 bits per heavy atom. The molecule has 0 amide bonds. The SMILES string of the molecule is CN=C(NCCCn1cnc2ccccc21)NCCc1ccccc1F.I. The molecule has 2 aromatic carbocycles. The lowest BCUT2D eigenvalue weighted by molar-refractivity contribution is 0.605. The average Bonchev–Trinajstić information content (AvgIpc) is 3.08. The number of nitrogens with one attached hydrogen (secondary N) is 2. The van der Waals surface area contributed by atoms with E-state index < -0.39 is 0 Å². The second-order valence-electron chi connectivity index (χ2n) is 6.05. The lowest BCUT2D eigenvalue weighted by atomic mass is 10.1. The Bertz CT molecular complexity index is 877. The number of hydrogen-bond acceptors (Lipinski definition) is 2. The Hall–Kier alpha value is -2.16. The average molecular weight is 481 g/mol. The molecule has 0 fully saturated rings. The first-order valence-corrected chi connectivity index (χ1v) is 8.86. The number of rotatable bonds is 7. The fraction of sp³-hybridized carbons (Fsp3) is 0.300. The number of aliphatic imine (C=N–C) groups is 1. The van der Waals surface area contributed by atoms with Gasteiger partial charge in [0.25, 0.3) is 0 Å². The number of benzene rings is 2. The first-order chi connectivity index (χ1) is 12.8. The van der Waals surface area contributed by atoms with Crippen molar-refractivity contribution in [3.63, 3.8) is 0 Å². The Morgan fingerprint density at radius 2 is 1.81 bits per heavy atom. The third-order valence-corrected chi connectivity index (χ3v) is 4.26.